The Morgan fingerprint density at radius 1 is 1.30 bits per heavy atom. The van der Waals surface area contributed by atoms with Gasteiger partial charge in [-0.25, -0.2) is 4.79 Å². The van der Waals surface area contributed by atoms with Gasteiger partial charge >= 0.3 is 5.97 Å². The summed E-state index contributed by atoms with van der Waals surface area (Å²) in [4.78, 5) is 25.7. The normalized spacial score (nSPS) is 14.7. The van der Waals surface area contributed by atoms with Gasteiger partial charge in [0, 0.05) is 4.88 Å². The summed E-state index contributed by atoms with van der Waals surface area (Å²) in [7, 11) is 0. The molecule has 1 aliphatic carbocycles. The lowest BCUT2D eigenvalue weighted by atomic mass is 9.93. The number of rotatable bonds is 5. The highest BCUT2D eigenvalue weighted by molar-refractivity contribution is 7.14. The number of aryl methyl sites for hydroxylation is 2. The van der Waals surface area contributed by atoms with Crippen molar-refractivity contribution in [3.05, 3.63) is 21.4 Å². The van der Waals surface area contributed by atoms with E-state index in [2.05, 4.69) is 5.32 Å². The maximum absolute atomic E-state index is 12.3. The minimum absolute atomic E-state index is 0.254. The van der Waals surface area contributed by atoms with E-state index in [1.165, 1.54) is 34.6 Å². The summed E-state index contributed by atoms with van der Waals surface area (Å²) >= 11 is 1.51. The van der Waals surface area contributed by atoms with Gasteiger partial charge in [-0.15, -0.1) is 11.3 Å². The number of thiophene rings is 1. The van der Waals surface area contributed by atoms with Crippen molar-refractivity contribution in [1.29, 1.82) is 0 Å². The molecule has 2 rings (SSSR count). The number of fused-ring (bicyclic) bond motifs is 1. The lowest BCUT2D eigenvalue weighted by Crippen LogP contribution is -2.53. The van der Waals surface area contributed by atoms with E-state index in [1.54, 1.807) is 13.8 Å². The Morgan fingerprint density at radius 3 is 2.50 bits per heavy atom. The van der Waals surface area contributed by atoms with Crippen molar-refractivity contribution in [1.82, 2.24) is 5.32 Å². The van der Waals surface area contributed by atoms with Crippen LogP contribution in [-0.2, 0) is 17.6 Å². The lowest BCUT2D eigenvalue weighted by molar-refractivity contribution is -0.144. The molecule has 4 nitrogen and oxygen atoms in total. The first-order valence-corrected chi connectivity index (χ1v) is 8.01. The van der Waals surface area contributed by atoms with Gasteiger partial charge in [0.1, 0.15) is 5.54 Å². The number of nitrogens with one attached hydrogen (secondary N) is 1. The predicted octanol–water partition coefficient (Wildman–Crippen LogP) is 3.00. The minimum Gasteiger partial charge on any atom is -0.480 e. The Hall–Kier alpha value is -1.36. The molecular formula is C15H21NO3S. The van der Waals surface area contributed by atoms with Crippen LogP contribution >= 0.6 is 11.3 Å². The van der Waals surface area contributed by atoms with Gasteiger partial charge in [-0.05, 0) is 50.2 Å². The standard InChI is InChI=1S/C15H21NO3S/c1-3-15(4-2,14(18)19)16-13(17)12-9-10-7-5-6-8-11(10)20-12/h9H,3-8H2,1-2H3,(H,16,17)(H,18,19). The molecule has 0 saturated heterocycles. The van der Waals surface area contributed by atoms with Crippen LogP contribution in [0.5, 0.6) is 0 Å². The number of hydrogen-bond donors (Lipinski definition) is 2. The summed E-state index contributed by atoms with van der Waals surface area (Å²) in [6.45, 7) is 3.58. The summed E-state index contributed by atoms with van der Waals surface area (Å²) in [5, 5.41) is 12.1. The number of carboxylic acid groups (broad SMARTS) is 1. The second-order valence-electron chi connectivity index (χ2n) is 5.31. The van der Waals surface area contributed by atoms with Crippen LogP contribution in [0.25, 0.3) is 0 Å². The Bertz CT molecular complexity index is 494. The molecule has 1 aromatic rings. The minimum atomic E-state index is -1.15. The smallest absolute Gasteiger partial charge is 0.329 e. The Morgan fingerprint density at radius 2 is 1.95 bits per heavy atom. The number of hydrogen-bond acceptors (Lipinski definition) is 3. The third kappa shape index (κ3) is 2.73. The molecule has 0 spiro atoms. The van der Waals surface area contributed by atoms with Gasteiger partial charge in [0.05, 0.1) is 4.88 Å². The fourth-order valence-corrected chi connectivity index (χ4v) is 3.81. The van der Waals surface area contributed by atoms with Crippen LogP contribution in [-0.4, -0.2) is 22.5 Å². The molecule has 0 bridgehead atoms. The molecule has 0 fully saturated rings. The number of amides is 1. The molecule has 1 amide bonds. The van der Waals surface area contributed by atoms with Crippen LogP contribution < -0.4 is 5.32 Å². The first-order chi connectivity index (χ1) is 9.52. The molecule has 0 aromatic carbocycles. The van der Waals surface area contributed by atoms with Crippen molar-refractivity contribution in [3.8, 4) is 0 Å². The van der Waals surface area contributed by atoms with Crippen LogP contribution in [0.3, 0.4) is 0 Å². The number of carbonyl (C=O) groups is 2. The van der Waals surface area contributed by atoms with Gasteiger partial charge in [0.15, 0.2) is 0 Å². The zero-order valence-electron chi connectivity index (χ0n) is 12.0. The summed E-state index contributed by atoms with van der Waals surface area (Å²) in [5.74, 6) is -1.22. The molecule has 1 aromatic heterocycles. The average molecular weight is 295 g/mol. The van der Waals surface area contributed by atoms with E-state index in [-0.39, 0.29) is 5.91 Å². The van der Waals surface area contributed by atoms with Crippen LogP contribution in [0.1, 0.15) is 59.6 Å². The molecular weight excluding hydrogens is 274 g/mol. The van der Waals surface area contributed by atoms with Crippen molar-refractivity contribution in [2.45, 2.75) is 57.9 Å². The van der Waals surface area contributed by atoms with Crippen LogP contribution in [0.2, 0.25) is 0 Å². The second-order valence-corrected chi connectivity index (χ2v) is 6.45. The van der Waals surface area contributed by atoms with Crippen molar-refractivity contribution >= 4 is 23.2 Å². The van der Waals surface area contributed by atoms with Crippen LogP contribution in [0.15, 0.2) is 6.07 Å². The number of aliphatic carboxylic acids is 1. The molecule has 20 heavy (non-hydrogen) atoms. The molecule has 5 heteroatoms. The topological polar surface area (TPSA) is 66.4 Å². The Labute approximate surface area is 123 Å². The van der Waals surface area contributed by atoms with Gasteiger partial charge in [-0.3, -0.25) is 4.79 Å². The number of carboxylic acids is 1. The molecule has 0 aliphatic heterocycles. The maximum atomic E-state index is 12.3. The van der Waals surface area contributed by atoms with Gasteiger partial charge < -0.3 is 10.4 Å². The van der Waals surface area contributed by atoms with Gasteiger partial charge in [0.25, 0.3) is 5.91 Å². The fraction of sp³-hybridized carbons (Fsp3) is 0.600. The maximum Gasteiger partial charge on any atom is 0.329 e. The van der Waals surface area contributed by atoms with Crippen molar-refractivity contribution < 1.29 is 14.7 Å². The predicted molar refractivity (Wildman–Crippen MR) is 79.4 cm³/mol. The van der Waals surface area contributed by atoms with E-state index in [1.807, 2.05) is 6.07 Å². The summed E-state index contributed by atoms with van der Waals surface area (Å²) < 4.78 is 0. The molecule has 0 radical (unpaired) electrons. The molecule has 110 valence electrons. The van der Waals surface area contributed by atoms with E-state index in [9.17, 15) is 14.7 Å². The summed E-state index contributed by atoms with van der Waals surface area (Å²) in [6.07, 6.45) is 5.19. The second kappa shape index (κ2) is 5.95. The van der Waals surface area contributed by atoms with E-state index in [4.69, 9.17) is 0 Å². The monoisotopic (exact) mass is 295 g/mol. The fourth-order valence-electron chi connectivity index (χ4n) is 2.66. The highest BCUT2D eigenvalue weighted by atomic mass is 32.1. The highest BCUT2D eigenvalue weighted by Gasteiger charge is 2.37. The van der Waals surface area contributed by atoms with E-state index >= 15 is 0 Å². The SMILES string of the molecule is CCC(CC)(NC(=O)c1cc2c(s1)CCCC2)C(=O)O. The van der Waals surface area contributed by atoms with Crippen molar-refractivity contribution in [2.75, 3.05) is 0 Å². The quantitative estimate of drug-likeness (QED) is 0.877. The molecule has 0 atom stereocenters. The number of carbonyl (C=O) groups excluding carboxylic acids is 1. The summed E-state index contributed by atoms with van der Waals surface area (Å²) in [5.41, 5.74) is 0.113. The first-order valence-electron chi connectivity index (χ1n) is 7.20. The van der Waals surface area contributed by atoms with Crippen LogP contribution in [0, 0.1) is 0 Å². The van der Waals surface area contributed by atoms with Crippen molar-refractivity contribution in [3.63, 3.8) is 0 Å². The molecule has 0 unspecified atom stereocenters. The average Bonchev–Trinajstić information content (AvgIpc) is 2.88. The van der Waals surface area contributed by atoms with Gasteiger partial charge in [-0.1, -0.05) is 13.8 Å². The molecule has 0 saturated carbocycles. The van der Waals surface area contributed by atoms with Crippen molar-refractivity contribution in [2.24, 2.45) is 0 Å². The Kier molecular flexibility index (Phi) is 4.48. The molecule has 1 aliphatic rings. The zero-order chi connectivity index (χ0) is 14.8. The highest BCUT2D eigenvalue weighted by Crippen LogP contribution is 2.30. The lowest BCUT2D eigenvalue weighted by Gasteiger charge is -2.27. The Balaban J connectivity index is 2.19. The zero-order valence-corrected chi connectivity index (χ0v) is 12.8. The third-order valence-electron chi connectivity index (χ3n) is 4.19. The summed E-state index contributed by atoms with van der Waals surface area (Å²) in [6, 6.07) is 1.94. The largest absolute Gasteiger partial charge is 0.480 e. The first kappa shape index (κ1) is 15.0. The van der Waals surface area contributed by atoms with E-state index in [0.29, 0.717) is 17.7 Å². The van der Waals surface area contributed by atoms with Gasteiger partial charge in [0.2, 0.25) is 0 Å². The third-order valence-corrected chi connectivity index (χ3v) is 5.43. The van der Waals surface area contributed by atoms with Gasteiger partial charge in [-0.2, -0.15) is 0 Å². The molecule has 2 N–H and O–H groups in total. The van der Waals surface area contributed by atoms with Crippen LogP contribution in [0.4, 0.5) is 0 Å². The molecule has 1 heterocycles. The van der Waals surface area contributed by atoms with E-state index in [0.717, 1.165) is 12.8 Å². The van der Waals surface area contributed by atoms with E-state index < -0.39 is 11.5 Å².